The first-order valence-corrected chi connectivity index (χ1v) is 14.3. The van der Waals surface area contributed by atoms with Crippen molar-refractivity contribution in [1.82, 2.24) is 15.1 Å². The van der Waals surface area contributed by atoms with Crippen LogP contribution in [0.2, 0.25) is 0 Å². The number of thioether (sulfide) groups is 1. The lowest BCUT2D eigenvalue weighted by Crippen LogP contribution is -2.38. The Hall–Kier alpha value is -2.69. The molecule has 0 aromatic heterocycles. The fourth-order valence-corrected chi connectivity index (χ4v) is 6.24. The molecule has 38 heavy (non-hydrogen) atoms. The van der Waals surface area contributed by atoms with Crippen LogP contribution in [0.4, 0.5) is 0 Å². The summed E-state index contributed by atoms with van der Waals surface area (Å²) in [6.45, 7) is 1.01. The van der Waals surface area contributed by atoms with Crippen LogP contribution >= 0.6 is 11.8 Å². The van der Waals surface area contributed by atoms with Gasteiger partial charge in [-0.3, -0.25) is 38.6 Å². The third-order valence-electron chi connectivity index (χ3n) is 7.98. The van der Waals surface area contributed by atoms with Crippen molar-refractivity contribution in [2.75, 3.05) is 26.4 Å². The highest BCUT2D eigenvalue weighted by molar-refractivity contribution is 8.00. The predicted octanol–water partition coefficient (Wildman–Crippen LogP) is 1.87. The Morgan fingerprint density at radius 2 is 1.34 bits per heavy atom. The zero-order chi connectivity index (χ0) is 27.1. The number of carbonyl (C=O) groups is 6. The Bertz CT molecular complexity index is 920. The molecule has 6 amide bonds. The van der Waals surface area contributed by atoms with E-state index in [1.165, 1.54) is 33.7 Å². The number of hydrogen-bond donors (Lipinski definition) is 2. The van der Waals surface area contributed by atoms with Crippen LogP contribution in [-0.4, -0.2) is 76.9 Å². The van der Waals surface area contributed by atoms with Crippen LogP contribution in [0.1, 0.15) is 65.2 Å². The number of nitrogens with zero attached hydrogens (tertiary/aromatic N) is 2. The summed E-state index contributed by atoms with van der Waals surface area (Å²) in [5.74, 6) is 0.0627. The summed E-state index contributed by atoms with van der Waals surface area (Å²) in [7, 11) is 1.65. The predicted molar refractivity (Wildman–Crippen MR) is 145 cm³/mol. The normalized spacial score (nSPS) is 29.1. The lowest BCUT2D eigenvalue weighted by atomic mass is 9.81. The van der Waals surface area contributed by atoms with Crippen molar-refractivity contribution in [1.29, 1.82) is 0 Å². The second kappa shape index (κ2) is 14.5. The second-order valence-corrected chi connectivity index (χ2v) is 11.4. The van der Waals surface area contributed by atoms with Crippen molar-refractivity contribution in [3.8, 4) is 0 Å². The van der Waals surface area contributed by atoms with Gasteiger partial charge in [-0.1, -0.05) is 7.43 Å². The quantitative estimate of drug-likeness (QED) is 0.460. The topological polar surface area (TPSA) is 147 Å². The Labute approximate surface area is 229 Å². The summed E-state index contributed by atoms with van der Waals surface area (Å²) < 4.78 is 0. The van der Waals surface area contributed by atoms with Crippen LogP contribution in [0.25, 0.3) is 0 Å². The molecule has 3 fully saturated rings. The molecule has 11 heteroatoms. The molecule has 10 nitrogen and oxygen atoms in total. The molecule has 0 aromatic carbocycles. The number of imide groups is 2. The lowest BCUT2D eigenvalue weighted by Gasteiger charge is -2.29. The number of primary amides is 1. The zero-order valence-electron chi connectivity index (χ0n) is 21.6. The van der Waals surface area contributed by atoms with Gasteiger partial charge in [-0.2, -0.15) is 11.8 Å². The minimum absolute atomic E-state index is 0. The Balaban J connectivity index is 0.000000260. The van der Waals surface area contributed by atoms with Gasteiger partial charge in [-0.05, 0) is 69.5 Å². The number of nitrogens with two attached hydrogens (primary N) is 1. The maximum atomic E-state index is 12.0. The minimum Gasteiger partial charge on any atom is -0.369 e. The van der Waals surface area contributed by atoms with Crippen LogP contribution in [0.15, 0.2) is 12.2 Å². The molecule has 4 rings (SSSR count). The highest BCUT2D eigenvalue weighted by atomic mass is 32.2. The van der Waals surface area contributed by atoms with Crippen molar-refractivity contribution < 1.29 is 28.8 Å². The van der Waals surface area contributed by atoms with Gasteiger partial charge >= 0.3 is 0 Å². The molecule has 0 aromatic rings. The van der Waals surface area contributed by atoms with E-state index in [0.29, 0.717) is 31.3 Å². The third kappa shape index (κ3) is 7.91. The van der Waals surface area contributed by atoms with Crippen molar-refractivity contribution in [2.24, 2.45) is 29.4 Å². The van der Waals surface area contributed by atoms with Crippen molar-refractivity contribution in [3.63, 3.8) is 0 Å². The van der Waals surface area contributed by atoms with Crippen molar-refractivity contribution in [3.05, 3.63) is 12.2 Å². The second-order valence-electron chi connectivity index (χ2n) is 10.3. The molecule has 0 bridgehead atoms. The Morgan fingerprint density at radius 3 is 1.76 bits per heavy atom. The first kappa shape index (κ1) is 31.5. The largest absolute Gasteiger partial charge is 0.369 e. The van der Waals surface area contributed by atoms with E-state index in [1.54, 1.807) is 7.05 Å². The summed E-state index contributed by atoms with van der Waals surface area (Å²) in [6, 6.07) is 0. The molecule has 0 radical (unpaired) electrons. The number of hydrogen-bond acceptors (Lipinski definition) is 7. The van der Waals surface area contributed by atoms with Gasteiger partial charge in [0.25, 0.3) is 11.8 Å². The number of rotatable bonds is 7. The van der Waals surface area contributed by atoms with Gasteiger partial charge in [-0.15, -0.1) is 0 Å². The maximum Gasteiger partial charge on any atom is 0.253 e. The van der Waals surface area contributed by atoms with E-state index in [2.05, 4.69) is 5.32 Å². The molecular weight excluding hydrogens is 508 g/mol. The van der Waals surface area contributed by atoms with E-state index < -0.39 is 0 Å². The van der Waals surface area contributed by atoms with Crippen molar-refractivity contribution in [2.45, 2.75) is 70.5 Å². The van der Waals surface area contributed by atoms with Crippen LogP contribution in [0.5, 0.6) is 0 Å². The molecule has 2 aliphatic heterocycles. The molecule has 2 saturated carbocycles. The van der Waals surface area contributed by atoms with Crippen LogP contribution in [0, 0.1) is 23.7 Å². The van der Waals surface area contributed by atoms with E-state index in [0.717, 1.165) is 51.4 Å². The highest BCUT2D eigenvalue weighted by Gasteiger charge is 2.39. The molecule has 3 N–H and O–H groups in total. The molecule has 212 valence electrons. The van der Waals surface area contributed by atoms with Crippen LogP contribution < -0.4 is 11.1 Å². The first-order valence-electron chi connectivity index (χ1n) is 13.1. The summed E-state index contributed by atoms with van der Waals surface area (Å²) in [4.78, 5) is 72.0. The third-order valence-corrected chi connectivity index (χ3v) is 8.92. The van der Waals surface area contributed by atoms with E-state index in [4.69, 9.17) is 5.73 Å². The molecule has 1 unspecified atom stereocenters. The maximum absolute atomic E-state index is 12.0. The highest BCUT2D eigenvalue weighted by Crippen LogP contribution is 2.32. The number of likely N-dealkylation sites (tertiary alicyclic amines) is 1. The standard InChI is InChI=1S/C13H20N2O3S.C13H18N2O3.CH4/c1-19-10-6-11(16)15(13(10)18)7-8-2-4-9(5-3-8)12(14)17;1-14-13(18)10-4-2-9(3-5-10)8-15-11(16)6-7-12(15)17;/h8-10H,2-7H2,1H3,(H2,14,17);6-7,9-10H,2-5,8H2,1H3,(H,14,18);1H4. The van der Waals surface area contributed by atoms with Crippen LogP contribution in [-0.2, 0) is 28.8 Å². The van der Waals surface area contributed by atoms with E-state index in [-0.39, 0.29) is 60.0 Å². The number of nitrogens with one attached hydrogen (secondary N) is 1. The summed E-state index contributed by atoms with van der Waals surface area (Å²) in [6.07, 6.45) is 11.6. The van der Waals surface area contributed by atoms with Gasteiger partial charge in [0.15, 0.2) is 0 Å². The lowest BCUT2D eigenvalue weighted by molar-refractivity contribution is -0.140. The van der Waals surface area contributed by atoms with Crippen molar-refractivity contribution >= 4 is 47.2 Å². The summed E-state index contributed by atoms with van der Waals surface area (Å²) in [5.41, 5.74) is 5.30. The monoisotopic (exact) mass is 550 g/mol. The Morgan fingerprint density at radius 1 is 0.868 bits per heavy atom. The fourth-order valence-electron chi connectivity index (χ4n) is 5.60. The fraction of sp³-hybridized carbons (Fsp3) is 0.704. The van der Waals surface area contributed by atoms with Gasteiger partial charge in [0.1, 0.15) is 0 Å². The van der Waals surface area contributed by atoms with E-state index >= 15 is 0 Å². The molecular formula is C27H42N4O6S. The zero-order valence-corrected chi connectivity index (χ0v) is 22.5. The van der Waals surface area contributed by atoms with E-state index in [1.807, 2.05) is 6.26 Å². The van der Waals surface area contributed by atoms with Gasteiger partial charge in [-0.25, -0.2) is 0 Å². The molecule has 1 atom stereocenters. The molecule has 1 saturated heterocycles. The first-order chi connectivity index (χ1) is 17.6. The number of carbonyl (C=O) groups excluding carboxylic acids is 6. The van der Waals surface area contributed by atoms with Crippen LogP contribution in [0.3, 0.4) is 0 Å². The summed E-state index contributed by atoms with van der Waals surface area (Å²) >= 11 is 1.44. The van der Waals surface area contributed by atoms with Gasteiger partial charge < -0.3 is 11.1 Å². The summed E-state index contributed by atoms with van der Waals surface area (Å²) in [5, 5.41) is 2.47. The van der Waals surface area contributed by atoms with Gasteiger partial charge in [0, 0.05) is 50.5 Å². The minimum atomic E-state index is -0.228. The average Bonchev–Trinajstić information content (AvgIpc) is 3.36. The van der Waals surface area contributed by atoms with E-state index in [9.17, 15) is 28.8 Å². The molecule has 2 aliphatic carbocycles. The SMILES string of the molecule is C.CNC(=O)C1CCC(CN2C(=O)C=CC2=O)CC1.CSC1CC(=O)N(CC2CCC(C(N)=O)CC2)C1=O. The molecule has 0 spiro atoms. The number of amides is 6. The van der Waals surface area contributed by atoms with Gasteiger partial charge in [0.2, 0.25) is 23.6 Å². The smallest absolute Gasteiger partial charge is 0.253 e. The average molecular weight is 551 g/mol. The molecule has 2 heterocycles. The van der Waals surface area contributed by atoms with Gasteiger partial charge in [0.05, 0.1) is 5.25 Å². The Kier molecular flexibility index (Phi) is 12.0. The molecule has 4 aliphatic rings.